The smallest absolute Gasteiger partial charge is 0.263 e. The SMILES string of the molecule is CC(Oc1ccc(C#N)cc1N)C(=O)N1CCCC1. The summed E-state index contributed by atoms with van der Waals surface area (Å²) in [6, 6.07) is 6.80. The second kappa shape index (κ2) is 5.61. The van der Waals surface area contributed by atoms with Crippen LogP contribution in [0.4, 0.5) is 5.69 Å². The van der Waals surface area contributed by atoms with Gasteiger partial charge in [0.2, 0.25) is 0 Å². The third-order valence-electron chi connectivity index (χ3n) is 3.21. The molecule has 0 spiro atoms. The van der Waals surface area contributed by atoms with Crippen LogP contribution in [0.5, 0.6) is 5.75 Å². The minimum absolute atomic E-state index is 0.0127. The van der Waals surface area contributed by atoms with E-state index in [-0.39, 0.29) is 5.91 Å². The Labute approximate surface area is 112 Å². The fourth-order valence-electron chi connectivity index (χ4n) is 2.16. The first-order valence-electron chi connectivity index (χ1n) is 6.37. The van der Waals surface area contributed by atoms with Crippen molar-refractivity contribution in [1.82, 2.24) is 4.90 Å². The van der Waals surface area contributed by atoms with Gasteiger partial charge in [-0.05, 0) is 38.0 Å². The van der Waals surface area contributed by atoms with Gasteiger partial charge in [0.15, 0.2) is 6.10 Å². The van der Waals surface area contributed by atoms with Crippen LogP contribution in [0.15, 0.2) is 18.2 Å². The van der Waals surface area contributed by atoms with Crippen LogP contribution in [0.2, 0.25) is 0 Å². The molecule has 1 heterocycles. The Balaban J connectivity index is 2.04. The number of hydrogen-bond donors (Lipinski definition) is 1. The molecule has 1 atom stereocenters. The van der Waals surface area contributed by atoms with E-state index in [1.165, 1.54) is 0 Å². The third kappa shape index (κ3) is 2.97. The highest BCUT2D eigenvalue weighted by atomic mass is 16.5. The Bertz CT molecular complexity index is 516. The fourth-order valence-corrected chi connectivity index (χ4v) is 2.16. The standard InChI is InChI=1S/C14H17N3O2/c1-10(14(18)17-6-2-3-7-17)19-13-5-4-11(9-15)8-12(13)16/h4-5,8,10H,2-3,6-7,16H2,1H3. The van der Waals surface area contributed by atoms with Crippen molar-refractivity contribution >= 4 is 11.6 Å². The van der Waals surface area contributed by atoms with Gasteiger partial charge in [-0.2, -0.15) is 5.26 Å². The Morgan fingerprint density at radius 3 is 2.74 bits per heavy atom. The molecule has 0 radical (unpaired) electrons. The first kappa shape index (κ1) is 13.2. The van der Waals surface area contributed by atoms with Crippen LogP contribution in [-0.2, 0) is 4.79 Å². The lowest BCUT2D eigenvalue weighted by Gasteiger charge is -2.21. The van der Waals surface area contributed by atoms with Crippen molar-refractivity contribution in [3.63, 3.8) is 0 Å². The van der Waals surface area contributed by atoms with E-state index in [4.69, 9.17) is 15.7 Å². The van der Waals surface area contributed by atoms with Crippen LogP contribution in [0.1, 0.15) is 25.3 Å². The number of nitrogen functional groups attached to an aromatic ring is 1. The molecule has 1 aliphatic heterocycles. The lowest BCUT2D eigenvalue weighted by atomic mass is 10.2. The average molecular weight is 259 g/mol. The molecule has 1 amide bonds. The molecule has 1 fully saturated rings. The van der Waals surface area contributed by atoms with Gasteiger partial charge in [0.1, 0.15) is 5.75 Å². The molecule has 0 bridgehead atoms. The third-order valence-corrected chi connectivity index (χ3v) is 3.21. The Hall–Kier alpha value is -2.22. The predicted molar refractivity (Wildman–Crippen MR) is 71.5 cm³/mol. The van der Waals surface area contributed by atoms with E-state index < -0.39 is 6.10 Å². The van der Waals surface area contributed by atoms with Gasteiger partial charge in [-0.1, -0.05) is 0 Å². The number of nitrogens with two attached hydrogens (primary N) is 1. The van der Waals surface area contributed by atoms with E-state index in [2.05, 4.69) is 0 Å². The number of anilines is 1. The number of hydrogen-bond acceptors (Lipinski definition) is 4. The molecule has 1 saturated heterocycles. The first-order chi connectivity index (χ1) is 9.11. The molecule has 5 heteroatoms. The van der Waals surface area contributed by atoms with Crippen LogP contribution in [0.3, 0.4) is 0 Å². The first-order valence-corrected chi connectivity index (χ1v) is 6.37. The summed E-state index contributed by atoms with van der Waals surface area (Å²) in [5, 5.41) is 8.76. The van der Waals surface area contributed by atoms with Crippen molar-refractivity contribution in [3.8, 4) is 11.8 Å². The van der Waals surface area contributed by atoms with E-state index in [0.29, 0.717) is 17.0 Å². The van der Waals surface area contributed by atoms with Crippen LogP contribution in [0, 0.1) is 11.3 Å². The zero-order chi connectivity index (χ0) is 13.8. The topological polar surface area (TPSA) is 79.3 Å². The summed E-state index contributed by atoms with van der Waals surface area (Å²) in [5.74, 6) is 0.431. The molecule has 5 nitrogen and oxygen atoms in total. The van der Waals surface area contributed by atoms with E-state index in [9.17, 15) is 4.79 Å². The zero-order valence-corrected chi connectivity index (χ0v) is 10.9. The summed E-state index contributed by atoms with van der Waals surface area (Å²) in [4.78, 5) is 13.9. The summed E-state index contributed by atoms with van der Waals surface area (Å²) in [7, 11) is 0. The van der Waals surface area contributed by atoms with Crippen molar-refractivity contribution in [3.05, 3.63) is 23.8 Å². The predicted octanol–water partition coefficient (Wildman–Crippen LogP) is 1.53. The molecular weight excluding hydrogens is 242 g/mol. The van der Waals surface area contributed by atoms with Crippen LogP contribution in [-0.4, -0.2) is 30.0 Å². The van der Waals surface area contributed by atoms with Crippen molar-refractivity contribution in [1.29, 1.82) is 5.26 Å². The maximum absolute atomic E-state index is 12.1. The molecule has 0 aliphatic carbocycles. The average Bonchev–Trinajstić information content (AvgIpc) is 2.94. The van der Waals surface area contributed by atoms with Gasteiger partial charge in [-0.15, -0.1) is 0 Å². The molecule has 0 aromatic heterocycles. The van der Waals surface area contributed by atoms with Gasteiger partial charge in [0, 0.05) is 13.1 Å². The minimum atomic E-state index is -0.562. The largest absolute Gasteiger partial charge is 0.479 e. The van der Waals surface area contributed by atoms with E-state index in [1.54, 1.807) is 25.1 Å². The van der Waals surface area contributed by atoms with Gasteiger partial charge in [0.05, 0.1) is 17.3 Å². The van der Waals surface area contributed by atoms with Gasteiger partial charge >= 0.3 is 0 Å². The fraction of sp³-hybridized carbons (Fsp3) is 0.429. The van der Waals surface area contributed by atoms with Crippen molar-refractivity contribution in [2.75, 3.05) is 18.8 Å². The number of likely N-dealkylation sites (tertiary alicyclic amines) is 1. The summed E-state index contributed by atoms with van der Waals surface area (Å²) >= 11 is 0. The van der Waals surface area contributed by atoms with Gasteiger partial charge in [-0.25, -0.2) is 0 Å². The Kier molecular flexibility index (Phi) is 3.91. The van der Waals surface area contributed by atoms with Crippen molar-refractivity contribution in [2.24, 2.45) is 0 Å². The second-order valence-electron chi connectivity index (χ2n) is 4.66. The number of nitriles is 1. The Morgan fingerprint density at radius 2 is 2.16 bits per heavy atom. The second-order valence-corrected chi connectivity index (χ2v) is 4.66. The van der Waals surface area contributed by atoms with Gasteiger partial charge < -0.3 is 15.4 Å². The number of nitrogens with zero attached hydrogens (tertiary/aromatic N) is 2. The number of carbonyl (C=O) groups is 1. The van der Waals surface area contributed by atoms with Gasteiger partial charge in [-0.3, -0.25) is 4.79 Å². The maximum Gasteiger partial charge on any atom is 0.263 e. The van der Waals surface area contributed by atoms with Crippen LogP contribution >= 0.6 is 0 Å². The van der Waals surface area contributed by atoms with E-state index in [1.807, 2.05) is 11.0 Å². The number of carbonyl (C=O) groups excluding carboxylic acids is 1. The highest BCUT2D eigenvalue weighted by Crippen LogP contribution is 2.24. The quantitative estimate of drug-likeness (QED) is 0.835. The maximum atomic E-state index is 12.1. The van der Waals surface area contributed by atoms with E-state index >= 15 is 0 Å². The number of ether oxygens (including phenoxy) is 1. The lowest BCUT2D eigenvalue weighted by molar-refractivity contribution is -0.136. The molecule has 2 N–H and O–H groups in total. The van der Waals surface area contributed by atoms with Crippen LogP contribution < -0.4 is 10.5 Å². The highest BCUT2D eigenvalue weighted by molar-refractivity contribution is 5.81. The zero-order valence-electron chi connectivity index (χ0n) is 10.9. The summed E-state index contributed by atoms with van der Waals surface area (Å²) in [6.07, 6.45) is 1.54. The lowest BCUT2D eigenvalue weighted by Crippen LogP contribution is -2.38. The molecule has 1 aromatic carbocycles. The molecule has 1 unspecified atom stereocenters. The normalized spacial score (nSPS) is 15.9. The molecule has 1 aliphatic rings. The van der Waals surface area contributed by atoms with Crippen molar-refractivity contribution < 1.29 is 9.53 Å². The molecule has 0 saturated carbocycles. The molecule has 100 valence electrons. The summed E-state index contributed by atoms with van der Waals surface area (Å²) in [5.41, 5.74) is 6.65. The summed E-state index contributed by atoms with van der Waals surface area (Å²) < 4.78 is 5.59. The molecule has 2 rings (SSSR count). The van der Waals surface area contributed by atoms with Crippen LogP contribution in [0.25, 0.3) is 0 Å². The molecular formula is C14H17N3O2. The molecule has 1 aromatic rings. The number of rotatable bonds is 3. The highest BCUT2D eigenvalue weighted by Gasteiger charge is 2.24. The minimum Gasteiger partial charge on any atom is -0.479 e. The summed E-state index contributed by atoms with van der Waals surface area (Å²) in [6.45, 7) is 3.32. The molecule has 19 heavy (non-hydrogen) atoms. The van der Waals surface area contributed by atoms with Crippen molar-refractivity contribution in [2.45, 2.75) is 25.9 Å². The van der Waals surface area contributed by atoms with Gasteiger partial charge in [0.25, 0.3) is 5.91 Å². The monoisotopic (exact) mass is 259 g/mol. The number of amides is 1. The van der Waals surface area contributed by atoms with E-state index in [0.717, 1.165) is 25.9 Å². The Morgan fingerprint density at radius 1 is 1.47 bits per heavy atom. The number of benzene rings is 1.